The molecule has 25 heteroatoms. The molecule has 0 saturated heterocycles. The van der Waals surface area contributed by atoms with Crippen LogP contribution in [0.5, 0.6) is 40.9 Å². The van der Waals surface area contributed by atoms with E-state index in [0.29, 0.717) is 63.2 Å². The van der Waals surface area contributed by atoms with Crippen LogP contribution in [0.4, 0.5) is 34.9 Å². The molecule has 0 aliphatic heterocycles. The number of aryl methyl sites for hydroxylation is 11. The highest BCUT2D eigenvalue weighted by Crippen LogP contribution is 2.41. The normalized spacial score (nSPS) is 10.9. The predicted octanol–water partition coefficient (Wildman–Crippen LogP) is 18.2. The van der Waals surface area contributed by atoms with E-state index in [1.54, 1.807) is 61.2 Å². The van der Waals surface area contributed by atoms with Gasteiger partial charge in [-0.2, -0.15) is 35.8 Å². The molecule has 0 unspecified atom stereocenters. The largest absolute Gasteiger partial charge is 0.467 e. The van der Waals surface area contributed by atoms with E-state index in [-0.39, 0.29) is 0 Å². The third-order valence-electron chi connectivity index (χ3n) is 17.9. The summed E-state index contributed by atoms with van der Waals surface area (Å²) in [6.07, 6.45) is 12.6. The van der Waals surface area contributed by atoms with Gasteiger partial charge < -0.3 is 48.6 Å². The number of hydrogen-bond acceptors (Lipinski definition) is 20. The van der Waals surface area contributed by atoms with Crippen molar-refractivity contribution in [1.29, 1.82) is 15.8 Å². The molecule has 15 aromatic rings. The first-order chi connectivity index (χ1) is 51.6. The van der Waals surface area contributed by atoms with E-state index in [4.69, 9.17) is 51.3 Å². The second-order valence-electron chi connectivity index (χ2n) is 25.6. The minimum absolute atomic E-state index is 0.327. The molecule has 3 N–H and O–H groups in total. The van der Waals surface area contributed by atoms with Crippen molar-refractivity contribution in [2.24, 2.45) is 28.2 Å². The number of benzene rings is 6. The van der Waals surface area contributed by atoms with Gasteiger partial charge in [0.15, 0.2) is 0 Å². The van der Waals surface area contributed by atoms with Gasteiger partial charge in [-0.1, -0.05) is 11.6 Å². The third kappa shape index (κ3) is 15.4. The van der Waals surface area contributed by atoms with Crippen LogP contribution >= 0.6 is 11.6 Å². The van der Waals surface area contributed by atoms with E-state index in [1.807, 2.05) is 199 Å². The van der Waals surface area contributed by atoms with Crippen LogP contribution in [-0.4, -0.2) is 75.4 Å². The Kier molecular flexibility index (Phi) is 20.3. The number of fused-ring (bicyclic) bond motifs is 3. The van der Waals surface area contributed by atoms with E-state index < -0.39 is 0 Å². The molecule has 0 aliphatic rings. The monoisotopic (exact) mass is 1430 g/mol. The van der Waals surface area contributed by atoms with E-state index in [0.717, 1.165) is 146 Å². The van der Waals surface area contributed by atoms with Crippen molar-refractivity contribution in [3.63, 3.8) is 0 Å². The lowest BCUT2D eigenvalue weighted by Crippen LogP contribution is -2.02. The fourth-order valence-corrected chi connectivity index (χ4v) is 12.8. The van der Waals surface area contributed by atoms with Gasteiger partial charge in [-0.15, -0.1) is 0 Å². The molecule has 0 amide bonds. The lowest BCUT2D eigenvalue weighted by Gasteiger charge is -2.16. The summed E-state index contributed by atoms with van der Waals surface area (Å²) in [4.78, 5) is 40.5. The van der Waals surface area contributed by atoms with Gasteiger partial charge in [0.2, 0.25) is 35.5 Å². The molecule has 15 rings (SSSR count). The SMILES string of the molecule is COc1ncc(-c2cc(C)c(Oc3nc(Nc4ccc(C#N)cc4)nc4ccn(C)c34)c(C)c2)cn1.Cc1cc(-c2c(C)nn(C)c2C)cc(C)c1Oc1nc(Nc2ccc(C#N)cc2)nc2ccn(C)c12.Cc1cc(-c2ccncc2Cl)cc(C)c1Oc1nc(Nc2ccc(C#N)cc2)nc2ccn(C)c12. The summed E-state index contributed by atoms with van der Waals surface area (Å²) in [6.45, 7) is 16.2. The zero-order chi connectivity index (χ0) is 75.3. The second-order valence-corrected chi connectivity index (χ2v) is 26.0. The number of methoxy groups -OCH3 is 1. The van der Waals surface area contributed by atoms with Crippen LogP contribution in [-0.2, 0) is 28.2 Å². The van der Waals surface area contributed by atoms with Gasteiger partial charge in [0.25, 0.3) is 0 Å². The van der Waals surface area contributed by atoms with Gasteiger partial charge in [-0.25, -0.2) is 24.9 Å². The number of pyridine rings is 1. The minimum atomic E-state index is 0.327. The first kappa shape index (κ1) is 71.4. The fraction of sp³-hybridized carbons (Fsp3) is 0.159. The lowest BCUT2D eigenvalue weighted by atomic mass is 9.98. The highest BCUT2D eigenvalue weighted by Gasteiger charge is 2.23. The van der Waals surface area contributed by atoms with Crippen molar-refractivity contribution in [1.82, 2.24) is 68.3 Å². The Morgan fingerprint density at radius 1 is 0.421 bits per heavy atom. The minimum Gasteiger partial charge on any atom is -0.467 e. The smallest absolute Gasteiger partial charge is 0.316 e. The molecule has 530 valence electrons. The Morgan fingerprint density at radius 2 is 0.776 bits per heavy atom. The number of halogens is 1. The average molecular weight is 1440 g/mol. The summed E-state index contributed by atoms with van der Waals surface area (Å²) < 4.78 is 32.1. The number of anilines is 6. The Balaban J connectivity index is 0.000000142. The quantitative estimate of drug-likeness (QED) is 0.0810. The molecule has 9 aromatic heterocycles. The molecular weight excluding hydrogens is 1360 g/mol. The molecule has 0 atom stereocenters. The average Bonchev–Trinajstić information content (AvgIpc) is 1.74. The topological polar surface area (TPSA) is 293 Å². The standard InChI is InChI=1S/C28H27N7O.C27H21ClN6O.C27H23N7O2/c1-16-13-21(24-18(3)33-35(6)19(24)4)14-17(2)26(16)36-27-25-23(11-12-34(25)5)31-28(32-27)30-22-9-7-20(15-29)8-10-22;1-16-12-19(21-8-10-30-15-22(21)28)13-17(2)25(16)35-26-24-23(9-11-34(24)3)32-27(33-26)31-20-6-4-18(14-29)5-7-20;1-16-11-19(20-14-29-27(35-4)30-15-20)12-17(2)24(16)36-25-23-22(9-10-34(23)3)32-26(33-25)31-21-7-5-18(13-28)6-8-21/h7-14H,1-6H3,(H,30,31,32);4-13,15H,1-3H3,(H,31,32,33);5-12,14-15H,1-4H3,(H,31,32,33). The summed E-state index contributed by atoms with van der Waals surface area (Å²) in [5, 5.41) is 41.9. The molecule has 0 radical (unpaired) electrons. The molecule has 9 heterocycles. The van der Waals surface area contributed by atoms with Crippen LogP contribution in [0.15, 0.2) is 177 Å². The summed E-state index contributed by atoms with van der Waals surface area (Å²) in [5.74, 6) is 4.79. The van der Waals surface area contributed by atoms with Gasteiger partial charge in [0.1, 0.15) is 33.8 Å². The van der Waals surface area contributed by atoms with Crippen molar-refractivity contribution in [3.05, 3.63) is 243 Å². The molecule has 107 heavy (non-hydrogen) atoms. The number of aromatic nitrogens is 14. The van der Waals surface area contributed by atoms with Crippen LogP contribution in [0.25, 0.3) is 66.5 Å². The maximum absolute atomic E-state index is 9.05. The van der Waals surface area contributed by atoms with Crippen LogP contribution < -0.4 is 34.9 Å². The Labute approximate surface area is 621 Å². The van der Waals surface area contributed by atoms with Gasteiger partial charge >= 0.3 is 6.01 Å². The Bertz CT molecular complexity index is 5950. The zero-order valence-corrected chi connectivity index (χ0v) is 61.6. The number of ether oxygens (including phenoxy) is 4. The van der Waals surface area contributed by atoms with E-state index in [2.05, 4.69) is 98.2 Å². The molecule has 6 aromatic carbocycles. The Hall–Kier alpha value is -14.0. The molecule has 0 aliphatic carbocycles. The number of nitrogens with one attached hydrogen (secondary N) is 3. The van der Waals surface area contributed by atoms with E-state index in [9.17, 15) is 0 Å². The van der Waals surface area contributed by atoms with E-state index >= 15 is 0 Å². The van der Waals surface area contributed by atoms with Crippen LogP contribution in [0.3, 0.4) is 0 Å². The van der Waals surface area contributed by atoms with Crippen molar-refractivity contribution in [3.8, 4) is 92.5 Å². The molecule has 0 bridgehead atoms. The molecule has 24 nitrogen and oxygen atoms in total. The molecular formula is C82H71ClN20O4. The highest BCUT2D eigenvalue weighted by atomic mass is 35.5. The maximum atomic E-state index is 9.05. The summed E-state index contributed by atoms with van der Waals surface area (Å²) in [5.41, 5.74) is 22.7. The van der Waals surface area contributed by atoms with Gasteiger partial charge in [0, 0.05) is 111 Å². The summed E-state index contributed by atoms with van der Waals surface area (Å²) >= 11 is 6.37. The first-order valence-corrected chi connectivity index (χ1v) is 34.2. The second kappa shape index (κ2) is 30.5. The predicted molar refractivity (Wildman–Crippen MR) is 414 cm³/mol. The van der Waals surface area contributed by atoms with Gasteiger partial charge in [-0.3, -0.25) is 9.67 Å². The van der Waals surface area contributed by atoms with Crippen LogP contribution in [0, 0.1) is 89.4 Å². The number of rotatable bonds is 16. The number of nitrogens with zero attached hydrogens (tertiary/aromatic N) is 17. The summed E-state index contributed by atoms with van der Waals surface area (Å²) in [6, 6.07) is 48.2. The molecule has 0 saturated carbocycles. The number of hydrogen-bond donors (Lipinski definition) is 3. The van der Waals surface area contributed by atoms with Crippen molar-refractivity contribution >= 4 is 79.6 Å². The maximum Gasteiger partial charge on any atom is 0.316 e. The van der Waals surface area contributed by atoms with Crippen LogP contribution in [0.1, 0.15) is 61.5 Å². The van der Waals surface area contributed by atoms with Gasteiger partial charge in [-0.05, 0) is 239 Å². The lowest BCUT2D eigenvalue weighted by molar-refractivity contribution is 0.380. The van der Waals surface area contributed by atoms with Crippen molar-refractivity contribution < 1.29 is 18.9 Å². The first-order valence-electron chi connectivity index (χ1n) is 33.8. The zero-order valence-electron chi connectivity index (χ0n) is 60.9. The molecule has 0 spiro atoms. The third-order valence-corrected chi connectivity index (χ3v) is 18.2. The van der Waals surface area contributed by atoms with E-state index in [1.165, 1.54) is 7.11 Å². The summed E-state index contributed by atoms with van der Waals surface area (Å²) in [7, 11) is 9.31. The van der Waals surface area contributed by atoms with Crippen molar-refractivity contribution in [2.75, 3.05) is 23.1 Å². The van der Waals surface area contributed by atoms with Crippen molar-refractivity contribution in [2.45, 2.75) is 55.4 Å². The Morgan fingerprint density at radius 3 is 1.10 bits per heavy atom. The van der Waals surface area contributed by atoms with Gasteiger partial charge in [0.05, 0.1) is 69.3 Å². The fourth-order valence-electron chi connectivity index (χ4n) is 12.6. The number of nitriles is 3. The highest BCUT2D eigenvalue weighted by molar-refractivity contribution is 6.33. The van der Waals surface area contributed by atoms with Crippen LogP contribution in [0.2, 0.25) is 5.02 Å². The molecule has 0 fully saturated rings.